The number of nitrogens with two attached hydrogens (primary N) is 1. The average molecular weight is 720 g/mol. The van der Waals surface area contributed by atoms with Crippen LogP contribution in [-0.4, -0.2) is 60.6 Å². The molecule has 2 aromatic carbocycles. The number of carbonyl (C=O) groups is 2. The summed E-state index contributed by atoms with van der Waals surface area (Å²) < 4.78 is 45.3. The van der Waals surface area contributed by atoms with E-state index in [4.69, 9.17) is 31.5 Å². The number of hydrogen-bond acceptors (Lipinski definition) is 10. The SMILES string of the molecule is CC(C)(C)OC(=O)COc1c(C(=O)OC(C)(C)C)sc(-c2cccc(N[C@H]3CCN(S(=O)(=O)Cc4cccc(N)c4)C(C)(C)C3)c2)c1Cl. The van der Waals surface area contributed by atoms with E-state index in [0.29, 0.717) is 35.5 Å². The third-order valence-corrected chi connectivity index (χ3v) is 11.1. The molecule has 10 nitrogen and oxygen atoms in total. The second-order valence-corrected chi connectivity index (χ2v) is 17.9. The molecule has 0 amide bonds. The summed E-state index contributed by atoms with van der Waals surface area (Å²) >= 11 is 7.96. The monoisotopic (exact) mass is 719 g/mol. The van der Waals surface area contributed by atoms with Crippen LogP contribution in [0.5, 0.6) is 5.75 Å². The van der Waals surface area contributed by atoms with Crippen molar-refractivity contribution in [3.05, 3.63) is 64.0 Å². The maximum atomic E-state index is 13.5. The van der Waals surface area contributed by atoms with Gasteiger partial charge in [0, 0.05) is 29.5 Å². The van der Waals surface area contributed by atoms with Gasteiger partial charge in [-0.25, -0.2) is 18.0 Å². The fraction of sp³-hybridized carbons (Fsp3) is 0.486. The zero-order valence-electron chi connectivity index (χ0n) is 28.8. The minimum absolute atomic E-state index is 0.00192. The summed E-state index contributed by atoms with van der Waals surface area (Å²) in [5.74, 6) is -1.27. The van der Waals surface area contributed by atoms with E-state index in [2.05, 4.69) is 5.32 Å². The van der Waals surface area contributed by atoms with Crippen molar-refractivity contribution in [2.75, 3.05) is 24.2 Å². The zero-order chi connectivity index (χ0) is 35.7. The van der Waals surface area contributed by atoms with Crippen molar-refractivity contribution in [3.8, 4) is 16.2 Å². The Morgan fingerprint density at radius 2 is 1.71 bits per heavy atom. The third-order valence-electron chi connectivity index (χ3n) is 7.38. The van der Waals surface area contributed by atoms with Crippen LogP contribution in [0.25, 0.3) is 10.4 Å². The van der Waals surface area contributed by atoms with Crippen LogP contribution < -0.4 is 15.8 Å². The molecule has 0 aliphatic carbocycles. The van der Waals surface area contributed by atoms with Crippen molar-refractivity contribution in [2.45, 2.75) is 96.8 Å². The number of sulfonamides is 1. The molecular weight excluding hydrogens is 674 g/mol. The Balaban J connectivity index is 1.53. The number of esters is 2. The molecule has 2 heterocycles. The topological polar surface area (TPSA) is 137 Å². The number of nitrogens with zero attached hydrogens (tertiary/aromatic N) is 1. The highest BCUT2D eigenvalue weighted by atomic mass is 35.5. The Bertz CT molecular complexity index is 1760. The average Bonchev–Trinajstić information content (AvgIpc) is 3.25. The minimum Gasteiger partial charge on any atom is -0.479 e. The van der Waals surface area contributed by atoms with Gasteiger partial charge in [-0.05, 0) is 104 Å². The first kappa shape index (κ1) is 37.5. The Kier molecular flexibility index (Phi) is 11.1. The van der Waals surface area contributed by atoms with E-state index >= 15 is 0 Å². The van der Waals surface area contributed by atoms with E-state index in [-0.39, 0.29) is 27.4 Å². The van der Waals surface area contributed by atoms with Crippen molar-refractivity contribution in [1.82, 2.24) is 4.31 Å². The van der Waals surface area contributed by atoms with Crippen molar-refractivity contribution in [2.24, 2.45) is 0 Å². The van der Waals surface area contributed by atoms with Gasteiger partial charge in [0.15, 0.2) is 17.2 Å². The second kappa shape index (κ2) is 14.3. The number of rotatable bonds is 10. The summed E-state index contributed by atoms with van der Waals surface area (Å²) in [4.78, 5) is 26.4. The number of benzene rings is 2. The van der Waals surface area contributed by atoms with Gasteiger partial charge in [0.1, 0.15) is 16.2 Å². The molecule has 0 radical (unpaired) electrons. The number of thiophene rings is 1. The van der Waals surface area contributed by atoms with Gasteiger partial charge >= 0.3 is 11.9 Å². The first-order valence-electron chi connectivity index (χ1n) is 15.8. The Hall–Kier alpha value is -3.32. The minimum atomic E-state index is -3.59. The summed E-state index contributed by atoms with van der Waals surface area (Å²) in [6.45, 7) is 14.4. The van der Waals surface area contributed by atoms with Crippen molar-refractivity contribution in [1.29, 1.82) is 0 Å². The smallest absolute Gasteiger partial charge is 0.352 e. The number of piperidine rings is 1. The van der Waals surface area contributed by atoms with Gasteiger partial charge in [-0.1, -0.05) is 35.9 Å². The number of nitrogen functional groups attached to an aromatic ring is 1. The zero-order valence-corrected chi connectivity index (χ0v) is 31.2. The number of ether oxygens (including phenoxy) is 3. The maximum absolute atomic E-state index is 13.5. The largest absolute Gasteiger partial charge is 0.479 e. The van der Waals surface area contributed by atoms with Gasteiger partial charge in [-0.15, -0.1) is 11.3 Å². The third kappa shape index (κ3) is 9.87. The molecule has 1 atom stereocenters. The van der Waals surface area contributed by atoms with Crippen LogP contribution in [0, 0.1) is 0 Å². The standard InChI is InChI=1S/C35H46ClN3O7S2/c1-33(2,3)45-27(40)20-44-29-28(36)30(47-31(29)32(41)46-34(4,5)6)23-12-10-14-25(18-23)38-26-15-16-39(35(7,8)19-26)48(42,43)21-22-11-9-13-24(37)17-22/h9-14,17-18,26,38H,15-16,19-21,37H2,1-8H3/t26-/m0/s1. The lowest BCUT2D eigenvalue weighted by molar-refractivity contribution is -0.157. The lowest BCUT2D eigenvalue weighted by Crippen LogP contribution is -2.55. The molecule has 13 heteroatoms. The molecule has 0 saturated carbocycles. The quantitative estimate of drug-likeness (QED) is 0.161. The van der Waals surface area contributed by atoms with Crippen LogP contribution in [0.1, 0.15) is 83.5 Å². The molecule has 1 aliphatic rings. The predicted octanol–water partition coefficient (Wildman–Crippen LogP) is 7.51. The molecule has 0 unspecified atom stereocenters. The lowest BCUT2D eigenvalue weighted by Gasteiger charge is -2.45. The van der Waals surface area contributed by atoms with Gasteiger partial charge in [-0.3, -0.25) is 0 Å². The molecule has 1 aliphatic heterocycles. The molecule has 0 bridgehead atoms. The Morgan fingerprint density at radius 3 is 2.33 bits per heavy atom. The molecule has 262 valence electrons. The molecule has 1 fully saturated rings. The summed E-state index contributed by atoms with van der Waals surface area (Å²) in [7, 11) is -3.59. The summed E-state index contributed by atoms with van der Waals surface area (Å²) in [5.41, 5.74) is 6.50. The highest BCUT2D eigenvalue weighted by Gasteiger charge is 2.41. The molecule has 4 rings (SSSR count). The van der Waals surface area contributed by atoms with Crippen LogP contribution in [-0.2, 0) is 30.0 Å². The van der Waals surface area contributed by atoms with Crippen molar-refractivity contribution >= 4 is 56.3 Å². The molecule has 3 aromatic rings. The number of anilines is 2. The summed E-state index contributed by atoms with van der Waals surface area (Å²) in [6.07, 6.45) is 1.19. The van der Waals surface area contributed by atoms with Crippen LogP contribution in [0.15, 0.2) is 48.5 Å². The van der Waals surface area contributed by atoms with E-state index in [1.165, 1.54) is 0 Å². The van der Waals surface area contributed by atoms with E-state index in [1.807, 2.05) is 38.1 Å². The number of halogens is 1. The predicted molar refractivity (Wildman–Crippen MR) is 192 cm³/mol. The summed E-state index contributed by atoms with van der Waals surface area (Å²) in [5, 5.41) is 3.75. The van der Waals surface area contributed by atoms with E-state index in [1.54, 1.807) is 70.1 Å². The Labute approximate surface area is 292 Å². The number of carbonyl (C=O) groups excluding carboxylic acids is 2. The summed E-state index contributed by atoms with van der Waals surface area (Å²) in [6, 6.07) is 14.5. The van der Waals surface area contributed by atoms with Crippen molar-refractivity contribution < 1.29 is 32.2 Å². The highest BCUT2D eigenvalue weighted by molar-refractivity contribution is 7.88. The van der Waals surface area contributed by atoms with Crippen LogP contribution in [0.2, 0.25) is 5.02 Å². The number of nitrogens with one attached hydrogen (secondary N) is 1. The van der Waals surface area contributed by atoms with Gasteiger partial charge in [-0.2, -0.15) is 4.31 Å². The molecule has 3 N–H and O–H groups in total. The van der Waals surface area contributed by atoms with Gasteiger partial charge in [0.05, 0.1) is 10.6 Å². The second-order valence-electron chi connectivity index (χ2n) is 14.6. The number of hydrogen-bond donors (Lipinski definition) is 2. The van der Waals surface area contributed by atoms with Gasteiger partial charge in [0.25, 0.3) is 0 Å². The van der Waals surface area contributed by atoms with E-state index in [9.17, 15) is 18.0 Å². The lowest BCUT2D eigenvalue weighted by atomic mass is 9.89. The van der Waals surface area contributed by atoms with Crippen LogP contribution in [0.4, 0.5) is 11.4 Å². The van der Waals surface area contributed by atoms with Crippen LogP contribution >= 0.6 is 22.9 Å². The fourth-order valence-electron chi connectivity index (χ4n) is 5.65. The molecular formula is C35H46ClN3O7S2. The van der Waals surface area contributed by atoms with Crippen LogP contribution in [0.3, 0.4) is 0 Å². The van der Waals surface area contributed by atoms with Crippen molar-refractivity contribution in [3.63, 3.8) is 0 Å². The highest BCUT2D eigenvalue weighted by Crippen LogP contribution is 2.46. The van der Waals surface area contributed by atoms with Gasteiger partial charge < -0.3 is 25.3 Å². The molecule has 1 saturated heterocycles. The molecule has 0 spiro atoms. The van der Waals surface area contributed by atoms with E-state index in [0.717, 1.165) is 22.6 Å². The normalized spacial score (nSPS) is 17.1. The Morgan fingerprint density at radius 1 is 1.04 bits per heavy atom. The maximum Gasteiger partial charge on any atom is 0.352 e. The first-order chi connectivity index (χ1) is 22.1. The molecule has 48 heavy (non-hydrogen) atoms. The first-order valence-corrected chi connectivity index (χ1v) is 18.6. The fourth-order valence-corrected chi connectivity index (χ4v) is 9.06. The molecule has 1 aromatic heterocycles. The van der Waals surface area contributed by atoms with Gasteiger partial charge in [0.2, 0.25) is 10.0 Å². The van der Waals surface area contributed by atoms with E-state index < -0.39 is 45.3 Å².